The molecule has 0 bridgehead atoms. The number of carbonyl (C=O) groups is 4. The van der Waals surface area contributed by atoms with Gasteiger partial charge in [0.1, 0.15) is 11.5 Å². The molecule has 4 saturated heterocycles. The Morgan fingerprint density at radius 2 is 1.76 bits per heavy atom. The van der Waals surface area contributed by atoms with Crippen LogP contribution in [0, 0.1) is 0 Å². The molecule has 0 radical (unpaired) electrons. The number of likely N-dealkylation sites (tertiary alicyclic amines) is 1. The van der Waals surface area contributed by atoms with E-state index in [0.717, 1.165) is 93.2 Å². The number of H-pyrrole nitrogens is 1. The highest BCUT2D eigenvalue weighted by Gasteiger charge is 2.39. The molecule has 5 fully saturated rings. The number of rotatable bonds is 9. The smallest absolute Gasteiger partial charge is 0.320 e. The molecule has 4 aliphatic heterocycles. The van der Waals surface area contributed by atoms with E-state index in [1.165, 1.54) is 11.1 Å². The fourth-order valence-electron chi connectivity index (χ4n) is 10.2. The molecular weight excluding hydrogens is 751 g/mol. The lowest BCUT2D eigenvalue weighted by molar-refractivity contribution is -0.134. The lowest BCUT2D eigenvalue weighted by Gasteiger charge is -2.46. The van der Waals surface area contributed by atoms with Gasteiger partial charge in [0.2, 0.25) is 11.8 Å². The maximum atomic E-state index is 12.7. The first-order chi connectivity index (χ1) is 28.7. The average molecular weight is 800 g/mol. The number of urea groups is 1. The summed E-state index contributed by atoms with van der Waals surface area (Å²) in [6.07, 6.45) is 10.4. The maximum Gasteiger partial charge on any atom is 0.320 e. The summed E-state index contributed by atoms with van der Waals surface area (Å²) in [5, 5.41) is 12.0. The monoisotopic (exact) mass is 799 g/mol. The summed E-state index contributed by atoms with van der Waals surface area (Å²) < 4.78 is 5.83. The van der Waals surface area contributed by atoms with Crippen LogP contribution in [-0.2, 0) is 9.59 Å². The number of hydrogen-bond acceptors (Lipinski definition) is 11. The SMILES string of the molecule is CN1CCN([C@@H]2CCCN(c3cnc(C(N)=O)c(Nc4ccc(C5CCN(C6CC(c7cc8onc(C9CCC(=O)NC9=O)c8c8cc[nH]c78)C6)CC5)cc4)n3)C2)C1=O. The van der Waals surface area contributed by atoms with Crippen molar-refractivity contribution in [2.45, 2.75) is 81.2 Å². The predicted octanol–water partition coefficient (Wildman–Crippen LogP) is 4.92. The molecule has 2 atom stereocenters. The summed E-state index contributed by atoms with van der Waals surface area (Å²) >= 11 is 0. The van der Waals surface area contributed by atoms with E-state index < -0.39 is 11.8 Å². The zero-order valence-corrected chi connectivity index (χ0v) is 33.2. The topological polar surface area (TPSA) is 199 Å². The highest BCUT2D eigenvalue weighted by molar-refractivity contribution is 6.10. The molecule has 1 aliphatic carbocycles. The number of likely N-dealkylation sites (N-methyl/N-ethyl adjacent to an activating group) is 1. The van der Waals surface area contributed by atoms with Crippen molar-refractivity contribution >= 4 is 62.9 Å². The van der Waals surface area contributed by atoms with E-state index in [0.29, 0.717) is 60.2 Å². The van der Waals surface area contributed by atoms with Crippen LogP contribution in [0.1, 0.15) is 96.4 Å². The number of fused-ring (bicyclic) bond motifs is 3. The summed E-state index contributed by atoms with van der Waals surface area (Å²) in [5.74, 6) is 0.115. The minimum atomic E-state index is -0.649. The van der Waals surface area contributed by atoms with E-state index in [2.05, 4.69) is 53.8 Å². The summed E-state index contributed by atoms with van der Waals surface area (Å²) in [7, 11) is 1.84. The van der Waals surface area contributed by atoms with Gasteiger partial charge in [-0.25, -0.2) is 14.8 Å². The average Bonchev–Trinajstić information content (AvgIpc) is 3.97. The minimum absolute atomic E-state index is 0.0684. The van der Waals surface area contributed by atoms with Crippen molar-refractivity contribution in [3.05, 3.63) is 71.3 Å². The van der Waals surface area contributed by atoms with Crippen molar-refractivity contribution in [1.82, 2.24) is 40.1 Å². The van der Waals surface area contributed by atoms with Gasteiger partial charge in [0.15, 0.2) is 17.1 Å². The lowest BCUT2D eigenvalue weighted by Crippen LogP contribution is -2.49. The molecule has 1 unspecified atom stereocenters. The molecule has 5 aromatic rings. The van der Waals surface area contributed by atoms with Gasteiger partial charge in [0.05, 0.1) is 23.5 Å². The molecule has 16 nitrogen and oxygen atoms in total. The van der Waals surface area contributed by atoms with Crippen molar-refractivity contribution in [3.8, 4) is 0 Å². The van der Waals surface area contributed by atoms with Gasteiger partial charge in [-0.3, -0.25) is 19.7 Å². The number of carbonyl (C=O) groups excluding carboxylic acids is 4. The van der Waals surface area contributed by atoms with Crippen molar-refractivity contribution in [1.29, 1.82) is 0 Å². The molecule has 0 spiro atoms. The molecule has 7 heterocycles. The van der Waals surface area contributed by atoms with E-state index in [1.54, 1.807) is 11.1 Å². The second kappa shape index (κ2) is 15.0. The van der Waals surface area contributed by atoms with Crippen molar-refractivity contribution < 1.29 is 23.7 Å². The molecule has 5 aliphatic rings. The Kier molecular flexibility index (Phi) is 9.45. The number of amides is 5. The van der Waals surface area contributed by atoms with Crippen LogP contribution in [0.15, 0.2) is 53.3 Å². The molecule has 59 heavy (non-hydrogen) atoms. The summed E-state index contributed by atoms with van der Waals surface area (Å²) in [4.78, 5) is 70.7. The van der Waals surface area contributed by atoms with Crippen LogP contribution in [0.2, 0.25) is 0 Å². The fourth-order valence-corrected chi connectivity index (χ4v) is 10.2. The molecule has 5 amide bonds. The van der Waals surface area contributed by atoms with Crippen LogP contribution in [0.3, 0.4) is 0 Å². The van der Waals surface area contributed by atoms with Gasteiger partial charge < -0.3 is 40.2 Å². The maximum absolute atomic E-state index is 12.7. The third-order valence-corrected chi connectivity index (χ3v) is 13.6. The van der Waals surface area contributed by atoms with Gasteiger partial charge in [-0.15, -0.1) is 0 Å². The van der Waals surface area contributed by atoms with E-state index in [4.69, 9.17) is 15.2 Å². The molecule has 2 aromatic carbocycles. The number of primary amides is 1. The minimum Gasteiger partial charge on any atom is -0.364 e. The van der Waals surface area contributed by atoms with Crippen LogP contribution in [-0.4, -0.2) is 117 Å². The second-order valence-corrected chi connectivity index (χ2v) is 17.0. The van der Waals surface area contributed by atoms with E-state index in [-0.39, 0.29) is 29.6 Å². The van der Waals surface area contributed by atoms with Gasteiger partial charge in [-0.2, -0.15) is 0 Å². The Morgan fingerprint density at radius 1 is 0.949 bits per heavy atom. The number of nitrogens with zero attached hydrogens (tertiary/aromatic N) is 7. The van der Waals surface area contributed by atoms with Gasteiger partial charge in [0.25, 0.3) is 5.91 Å². The van der Waals surface area contributed by atoms with Crippen LogP contribution < -0.4 is 21.3 Å². The summed E-state index contributed by atoms with van der Waals surface area (Å²) in [5.41, 5.74) is 11.5. The second-order valence-electron chi connectivity index (χ2n) is 17.0. The molecule has 306 valence electrons. The highest BCUT2D eigenvalue weighted by atomic mass is 16.5. The number of imide groups is 1. The quantitative estimate of drug-likeness (QED) is 0.148. The van der Waals surface area contributed by atoms with Gasteiger partial charge in [-0.05, 0) is 105 Å². The number of aromatic nitrogens is 4. The van der Waals surface area contributed by atoms with Crippen LogP contribution in [0.25, 0.3) is 21.9 Å². The van der Waals surface area contributed by atoms with E-state index in [1.807, 2.05) is 36.3 Å². The number of benzene rings is 2. The molecule has 1 saturated carbocycles. The standard InChI is InChI=1S/C43H49N11O5/c1-51-17-18-54(43(51)58)28-3-2-14-53(23-28)34-22-46-39(40(44)56)41(48-34)47-27-6-4-24(5-7-27)25-11-15-52(16-12-25)29-19-26(20-29)32-21-33-36(30-10-13-45-37(30)32)38(50-59-33)31-8-9-35(55)49-42(31)57/h4-7,10,13,21-22,25-26,28-29,31,45H,2-3,8-9,11-12,14-20,23H2,1H3,(H2,44,56)(H,47,48)(H,49,55,57)/t26?,28-,29?,31?/m1/s1. The van der Waals surface area contributed by atoms with Crippen LogP contribution in [0.5, 0.6) is 0 Å². The lowest BCUT2D eigenvalue weighted by atomic mass is 9.73. The van der Waals surface area contributed by atoms with Crippen LogP contribution >= 0.6 is 0 Å². The Balaban J connectivity index is 0.758. The Bertz CT molecular complexity index is 2450. The number of nitrogens with one attached hydrogen (secondary N) is 3. The first-order valence-electron chi connectivity index (χ1n) is 21.0. The highest BCUT2D eigenvalue weighted by Crippen LogP contribution is 2.46. The van der Waals surface area contributed by atoms with Crippen molar-refractivity contribution in [2.75, 3.05) is 56.5 Å². The number of piperidine rings is 3. The van der Waals surface area contributed by atoms with E-state index >= 15 is 0 Å². The van der Waals surface area contributed by atoms with Crippen molar-refractivity contribution in [2.24, 2.45) is 5.73 Å². The molecule has 16 heteroatoms. The zero-order valence-electron chi connectivity index (χ0n) is 33.2. The third-order valence-electron chi connectivity index (χ3n) is 13.6. The molecule has 3 aromatic heterocycles. The normalized spacial score (nSPS) is 24.6. The molecule has 10 rings (SSSR count). The Hall–Kier alpha value is -6.03. The summed E-state index contributed by atoms with van der Waals surface area (Å²) in [6, 6.07) is 13.2. The van der Waals surface area contributed by atoms with E-state index in [9.17, 15) is 19.2 Å². The number of aromatic amines is 1. The summed E-state index contributed by atoms with van der Waals surface area (Å²) in [6.45, 7) is 5.00. The Labute approximate surface area is 340 Å². The molecule has 5 N–H and O–H groups in total. The molecular formula is C43H49N11O5. The number of hydrogen-bond donors (Lipinski definition) is 4. The number of nitrogens with two attached hydrogens (primary N) is 1. The fraction of sp³-hybridized carbons (Fsp3) is 0.465. The van der Waals surface area contributed by atoms with Crippen LogP contribution in [0.4, 0.5) is 22.1 Å². The van der Waals surface area contributed by atoms with Gasteiger partial charge in [-0.1, -0.05) is 17.3 Å². The first-order valence-corrected chi connectivity index (χ1v) is 21.0. The van der Waals surface area contributed by atoms with Gasteiger partial charge in [0, 0.05) is 68.5 Å². The zero-order chi connectivity index (χ0) is 40.4. The predicted molar refractivity (Wildman–Crippen MR) is 221 cm³/mol. The largest absolute Gasteiger partial charge is 0.364 e. The third kappa shape index (κ3) is 6.82. The van der Waals surface area contributed by atoms with Crippen molar-refractivity contribution in [3.63, 3.8) is 0 Å². The number of anilines is 3. The first kappa shape index (κ1) is 37.3. The Morgan fingerprint density at radius 3 is 2.51 bits per heavy atom. The van der Waals surface area contributed by atoms with Gasteiger partial charge >= 0.3 is 6.03 Å².